The SMILES string of the molecule is Cc1cc(OCc2ccc(C(=O)Nc3c(C(F)(F)F)n[nH]c3C)o2)ccc1Cl. The lowest BCUT2D eigenvalue weighted by Crippen LogP contribution is -2.16. The Morgan fingerprint density at radius 3 is 2.71 bits per heavy atom. The summed E-state index contributed by atoms with van der Waals surface area (Å²) >= 11 is 5.95. The van der Waals surface area contributed by atoms with Crippen LogP contribution in [0.15, 0.2) is 34.7 Å². The average molecular weight is 414 g/mol. The molecule has 0 aliphatic heterocycles. The van der Waals surface area contributed by atoms with Gasteiger partial charge in [-0.05, 0) is 49.7 Å². The van der Waals surface area contributed by atoms with Gasteiger partial charge in [-0.25, -0.2) is 0 Å². The summed E-state index contributed by atoms with van der Waals surface area (Å²) in [6.45, 7) is 3.23. The lowest BCUT2D eigenvalue weighted by molar-refractivity contribution is -0.140. The van der Waals surface area contributed by atoms with Crippen LogP contribution in [0, 0.1) is 13.8 Å². The number of aryl methyl sites for hydroxylation is 2. The average Bonchev–Trinajstić information content (AvgIpc) is 3.23. The van der Waals surface area contributed by atoms with Crippen molar-refractivity contribution in [2.75, 3.05) is 5.32 Å². The van der Waals surface area contributed by atoms with Crippen molar-refractivity contribution in [1.29, 1.82) is 0 Å². The number of rotatable bonds is 5. The normalized spacial score (nSPS) is 11.5. The van der Waals surface area contributed by atoms with Gasteiger partial charge in [0.15, 0.2) is 11.5 Å². The zero-order chi connectivity index (χ0) is 20.5. The van der Waals surface area contributed by atoms with Crippen molar-refractivity contribution in [3.8, 4) is 5.75 Å². The summed E-state index contributed by atoms with van der Waals surface area (Å²) in [5, 5.41) is 8.19. The molecular weight excluding hydrogens is 399 g/mol. The molecule has 3 rings (SSSR count). The highest BCUT2D eigenvalue weighted by molar-refractivity contribution is 6.31. The fraction of sp³-hybridized carbons (Fsp3) is 0.222. The van der Waals surface area contributed by atoms with Gasteiger partial charge in [-0.2, -0.15) is 18.3 Å². The smallest absolute Gasteiger partial charge is 0.437 e. The molecule has 0 atom stereocenters. The summed E-state index contributed by atoms with van der Waals surface area (Å²) in [5.74, 6) is -0.0888. The lowest BCUT2D eigenvalue weighted by Gasteiger charge is -2.08. The minimum absolute atomic E-state index is 0.0346. The highest BCUT2D eigenvalue weighted by Crippen LogP contribution is 2.34. The van der Waals surface area contributed by atoms with E-state index in [1.807, 2.05) is 6.92 Å². The molecule has 0 bridgehead atoms. The standard InChI is InChI=1S/C18H15ClF3N3O3/c1-9-7-11(3-5-13(9)19)27-8-12-4-6-14(28-12)17(26)23-15-10(2)24-25-16(15)18(20,21)22/h3-7H,8H2,1-2H3,(H,23,26)(H,24,25). The number of amides is 1. The molecule has 2 N–H and O–H groups in total. The monoisotopic (exact) mass is 413 g/mol. The second-order valence-electron chi connectivity index (χ2n) is 5.99. The highest BCUT2D eigenvalue weighted by Gasteiger charge is 2.38. The van der Waals surface area contributed by atoms with Crippen molar-refractivity contribution in [3.63, 3.8) is 0 Å². The molecule has 0 aliphatic rings. The first kappa shape index (κ1) is 19.8. The summed E-state index contributed by atoms with van der Waals surface area (Å²) < 4.78 is 49.8. The van der Waals surface area contributed by atoms with E-state index in [1.54, 1.807) is 18.2 Å². The molecule has 2 heterocycles. The molecule has 28 heavy (non-hydrogen) atoms. The van der Waals surface area contributed by atoms with E-state index < -0.39 is 23.5 Å². The van der Waals surface area contributed by atoms with Gasteiger partial charge in [0.1, 0.15) is 18.1 Å². The molecule has 10 heteroatoms. The predicted molar refractivity (Wildman–Crippen MR) is 95.5 cm³/mol. The molecule has 0 radical (unpaired) electrons. The lowest BCUT2D eigenvalue weighted by atomic mass is 10.2. The van der Waals surface area contributed by atoms with Gasteiger partial charge in [0.25, 0.3) is 5.91 Å². The third kappa shape index (κ3) is 4.30. The molecule has 2 aromatic heterocycles. The molecule has 0 spiro atoms. The van der Waals surface area contributed by atoms with Crippen LogP contribution in [0.2, 0.25) is 5.02 Å². The van der Waals surface area contributed by atoms with E-state index in [9.17, 15) is 18.0 Å². The Bertz CT molecular complexity index is 1010. The quantitative estimate of drug-likeness (QED) is 0.608. The molecule has 6 nitrogen and oxygen atoms in total. The molecule has 148 valence electrons. The van der Waals surface area contributed by atoms with E-state index in [-0.39, 0.29) is 18.1 Å². The third-order valence-corrected chi connectivity index (χ3v) is 4.27. The Balaban J connectivity index is 1.68. The zero-order valence-corrected chi connectivity index (χ0v) is 15.5. The van der Waals surface area contributed by atoms with Crippen molar-refractivity contribution in [2.24, 2.45) is 0 Å². The van der Waals surface area contributed by atoms with Gasteiger partial charge >= 0.3 is 6.18 Å². The Morgan fingerprint density at radius 2 is 2.04 bits per heavy atom. The number of aromatic amines is 1. The van der Waals surface area contributed by atoms with E-state index in [0.29, 0.717) is 16.5 Å². The Hall–Kier alpha value is -2.94. The fourth-order valence-corrected chi connectivity index (χ4v) is 2.52. The zero-order valence-electron chi connectivity index (χ0n) is 14.8. The van der Waals surface area contributed by atoms with Crippen molar-refractivity contribution in [2.45, 2.75) is 26.6 Å². The molecule has 0 saturated heterocycles. The number of H-pyrrole nitrogens is 1. The largest absolute Gasteiger partial charge is 0.486 e. The first-order valence-electron chi connectivity index (χ1n) is 8.06. The number of ether oxygens (including phenoxy) is 1. The van der Waals surface area contributed by atoms with Crippen LogP contribution in [0.1, 0.15) is 33.3 Å². The van der Waals surface area contributed by atoms with Gasteiger partial charge < -0.3 is 14.5 Å². The number of furan rings is 1. The maximum atomic E-state index is 13.0. The Kier molecular flexibility index (Phi) is 5.37. The molecule has 0 aliphatic carbocycles. The summed E-state index contributed by atoms with van der Waals surface area (Å²) in [5.41, 5.74) is -0.724. The molecule has 1 amide bonds. The van der Waals surface area contributed by atoms with Crippen LogP contribution in [0.5, 0.6) is 5.75 Å². The predicted octanol–water partition coefficient (Wildman–Crippen LogP) is 5.12. The van der Waals surface area contributed by atoms with E-state index in [4.69, 9.17) is 20.8 Å². The van der Waals surface area contributed by atoms with Crippen LogP contribution >= 0.6 is 11.6 Å². The number of aromatic nitrogens is 2. The van der Waals surface area contributed by atoms with Crippen LogP contribution in [0.25, 0.3) is 0 Å². The maximum absolute atomic E-state index is 13.0. The first-order chi connectivity index (χ1) is 13.1. The number of halogens is 4. The van der Waals surface area contributed by atoms with Gasteiger partial charge in [-0.3, -0.25) is 9.89 Å². The Morgan fingerprint density at radius 1 is 1.29 bits per heavy atom. The van der Waals surface area contributed by atoms with Gasteiger partial charge in [0, 0.05) is 5.02 Å². The minimum Gasteiger partial charge on any atom is -0.486 e. The van der Waals surface area contributed by atoms with Crippen LogP contribution in [-0.4, -0.2) is 16.1 Å². The van der Waals surface area contributed by atoms with Crippen molar-refractivity contribution in [3.05, 3.63) is 63.8 Å². The molecule has 3 aromatic rings. The van der Waals surface area contributed by atoms with Crippen molar-refractivity contribution < 1.29 is 27.1 Å². The fourth-order valence-electron chi connectivity index (χ4n) is 2.40. The van der Waals surface area contributed by atoms with Crippen LogP contribution in [0.3, 0.4) is 0 Å². The number of nitrogens with one attached hydrogen (secondary N) is 2. The molecule has 0 saturated carbocycles. The van der Waals surface area contributed by atoms with Crippen LogP contribution in [-0.2, 0) is 12.8 Å². The number of hydrogen-bond donors (Lipinski definition) is 2. The van der Waals surface area contributed by atoms with Gasteiger partial charge in [-0.15, -0.1) is 0 Å². The molecular formula is C18H15ClF3N3O3. The number of hydrogen-bond acceptors (Lipinski definition) is 4. The summed E-state index contributed by atoms with van der Waals surface area (Å²) in [6.07, 6.45) is -4.70. The molecule has 0 fully saturated rings. The van der Waals surface area contributed by atoms with Gasteiger partial charge in [0.2, 0.25) is 0 Å². The van der Waals surface area contributed by atoms with Crippen LogP contribution in [0.4, 0.5) is 18.9 Å². The highest BCUT2D eigenvalue weighted by atomic mass is 35.5. The first-order valence-corrected chi connectivity index (χ1v) is 8.44. The van der Waals surface area contributed by atoms with E-state index in [2.05, 4.69) is 15.5 Å². The van der Waals surface area contributed by atoms with Gasteiger partial charge in [0.05, 0.1) is 11.4 Å². The van der Waals surface area contributed by atoms with E-state index >= 15 is 0 Å². The van der Waals surface area contributed by atoms with Crippen LogP contribution < -0.4 is 10.1 Å². The second kappa shape index (κ2) is 7.59. The van der Waals surface area contributed by atoms with Crippen molar-refractivity contribution >= 4 is 23.2 Å². The minimum atomic E-state index is -4.70. The van der Waals surface area contributed by atoms with Gasteiger partial charge in [-0.1, -0.05) is 11.6 Å². The van der Waals surface area contributed by atoms with Crippen molar-refractivity contribution in [1.82, 2.24) is 10.2 Å². The second-order valence-corrected chi connectivity index (χ2v) is 6.40. The van der Waals surface area contributed by atoms with E-state index in [1.165, 1.54) is 19.1 Å². The third-order valence-electron chi connectivity index (χ3n) is 3.85. The number of anilines is 1. The topological polar surface area (TPSA) is 80.1 Å². The summed E-state index contributed by atoms with van der Waals surface area (Å²) in [7, 11) is 0. The number of carbonyl (C=O) groups is 1. The number of benzene rings is 1. The Labute approximate surface area is 162 Å². The summed E-state index contributed by atoms with van der Waals surface area (Å²) in [6, 6.07) is 7.98. The summed E-state index contributed by atoms with van der Waals surface area (Å²) in [4.78, 5) is 12.2. The molecule has 0 unspecified atom stereocenters. The number of carbonyl (C=O) groups excluding carboxylic acids is 1. The van der Waals surface area contributed by atoms with E-state index in [0.717, 1.165) is 5.56 Å². The maximum Gasteiger partial charge on any atom is 0.437 e. The number of nitrogens with zero attached hydrogens (tertiary/aromatic N) is 1. The number of alkyl halides is 3. The molecule has 1 aromatic carbocycles.